The summed E-state index contributed by atoms with van der Waals surface area (Å²) in [5.74, 6) is 1.30. The highest BCUT2D eigenvalue weighted by Crippen LogP contribution is 2.21. The van der Waals surface area contributed by atoms with Crippen LogP contribution in [0.5, 0.6) is 0 Å². The highest BCUT2D eigenvalue weighted by Gasteiger charge is 2.30. The molecule has 17 heavy (non-hydrogen) atoms. The molecule has 0 aromatic heterocycles. The van der Waals surface area contributed by atoms with Crippen LogP contribution in [0.15, 0.2) is 30.3 Å². The van der Waals surface area contributed by atoms with E-state index in [0.717, 1.165) is 19.5 Å². The number of carbonyl (C=O) groups excluding carboxylic acids is 1. The Morgan fingerprint density at radius 2 is 2.00 bits per heavy atom. The van der Waals surface area contributed by atoms with Crippen molar-refractivity contribution in [2.24, 2.45) is 11.8 Å². The van der Waals surface area contributed by atoms with E-state index in [0.29, 0.717) is 18.2 Å². The van der Waals surface area contributed by atoms with Crippen molar-refractivity contribution in [1.29, 1.82) is 0 Å². The summed E-state index contributed by atoms with van der Waals surface area (Å²) in [7, 11) is 0. The summed E-state index contributed by atoms with van der Waals surface area (Å²) in [6.45, 7) is 6.85. The molecular weight excluding hydrogens is 210 g/mol. The summed E-state index contributed by atoms with van der Waals surface area (Å²) in [5.41, 5.74) is 1.30. The predicted molar refractivity (Wildman–Crippen MR) is 69.7 cm³/mol. The third-order valence-corrected chi connectivity index (χ3v) is 3.32. The van der Waals surface area contributed by atoms with E-state index in [2.05, 4.69) is 43.0 Å². The van der Waals surface area contributed by atoms with Gasteiger partial charge in [0, 0.05) is 19.0 Å². The Hall–Kier alpha value is -1.15. The van der Waals surface area contributed by atoms with Crippen LogP contribution in [0.4, 0.5) is 0 Å². The highest BCUT2D eigenvalue weighted by atomic mass is 16.1. The third-order valence-electron chi connectivity index (χ3n) is 3.32. The maximum atomic E-state index is 11.9. The molecule has 1 fully saturated rings. The molecular formula is C15H21NO. The summed E-state index contributed by atoms with van der Waals surface area (Å²) in [5, 5.41) is 0. The van der Waals surface area contributed by atoms with Crippen molar-refractivity contribution in [1.82, 2.24) is 4.90 Å². The Bertz CT molecular complexity index is 372. The Morgan fingerprint density at radius 3 is 2.65 bits per heavy atom. The minimum atomic E-state index is 0.263. The maximum Gasteiger partial charge on any atom is 0.151 e. The third kappa shape index (κ3) is 3.40. The van der Waals surface area contributed by atoms with Gasteiger partial charge in [0.05, 0.1) is 6.54 Å². The number of hydrogen-bond donors (Lipinski definition) is 0. The lowest BCUT2D eigenvalue weighted by atomic mass is 9.96. The van der Waals surface area contributed by atoms with Gasteiger partial charge in [-0.05, 0) is 17.9 Å². The van der Waals surface area contributed by atoms with Crippen LogP contribution in [-0.2, 0) is 11.3 Å². The molecule has 1 aromatic rings. The van der Waals surface area contributed by atoms with Crippen molar-refractivity contribution in [3.05, 3.63) is 35.9 Å². The van der Waals surface area contributed by atoms with Crippen molar-refractivity contribution in [2.45, 2.75) is 26.8 Å². The molecule has 1 unspecified atom stereocenters. The number of carbonyl (C=O) groups is 1. The van der Waals surface area contributed by atoms with Crippen LogP contribution in [0.1, 0.15) is 25.8 Å². The Kier molecular flexibility index (Phi) is 3.95. The second kappa shape index (κ2) is 5.46. The number of likely N-dealkylation sites (tertiary alicyclic amines) is 1. The standard InChI is InChI=1S/C15H21NO/c1-12(2)8-14-10-16(11-15(14)17)9-13-6-4-3-5-7-13/h3-7,12,14H,8-11H2,1-2H3. The van der Waals surface area contributed by atoms with Crippen LogP contribution in [-0.4, -0.2) is 23.8 Å². The van der Waals surface area contributed by atoms with Gasteiger partial charge in [0.25, 0.3) is 0 Å². The van der Waals surface area contributed by atoms with Crippen LogP contribution < -0.4 is 0 Å². The number of Topliss-reactive ketones (excluding diaryl/α,β-unsaturated/α-hetero) is 1. The Labute approximate surface area is 104 Å². The lowest BCUT2D eigenvalue weighted by molar-refractivity contribution is -0.120. The van der Waals surface area contributed by atoms with E-state index in [9.17, 15) is 4.79 Å². The van der Waals surface area contributed by atoms with E-state index >= 15 is 0 Å². The molecule has 1 atom stereocenters. The van der Waals surface area contributed by atoms with Gasteiger partial charge in [-0.15, -0.1) is 0 Å². The second-order valence-corrected chi connectivity index (χ2v) is 5.45. The van der Waals surface area contributed by atoms with Gasteiger partial charge in [-0.25, -0.2) is 0 Å². The van der Waals surface area contributed by atoms with E-state index in [1.165, 1.54) is 5.56 Å². The summed E-state index contributed by atoms with van der Waals surface area (Å²) >= 11 is 0. The minimum absolute atomic E-state index is 0.263. The first kappa shape index (κ1) is 12.3. The van der Waals surface area contributed by atoms with Gasteiger partial charge in [0.2, 0.25) is 0 Å². The molecule has 1 aliphatic rings. The van der Waals surface area contributed by atoms with E-state index in [1.54, 1.807) is 0 Å². The van der Waals surface area contributed by atoms with Gasteiger partial charge in [-0.3, -0.25) is 9.69 Å². The molecule has 0 spiro atoms. The van der Waals surface area contributed by atoms with E-state index in [1.807, 2.05) is 6.07 Å². The van der Waals surface area contributed by atoms with Crippen LogP contribution in [0, 0.1) is 11.8 Å². The van der Waals surface area contributed by atoms with Crippen molar-refractivity contribution < 1.29 is 4.79 Å². The first-order chi connectivity index (χ1) is 8.15. The van der Waals surface area contributed by atoms with Crippen molar-refractivity contribution in [3.63, 3.8) is 0 Å². The zero-order valence-corrected chi connectivity index (χ0v) is 10.7. The molecule has 0 bridgehead atoms. The molecule has 2 rings (SSSR count). The molecule has 0 saturated carbocycles. The monoisotopic (exact) mass is 231 g/mol. The van der Waals surface area contributed by atoms with E-state index in [4.69, 9.17) is 0 Å². The molecule has 1 heterocycles. The topological polar surface area (TPSA) is 20.3 Å². The van der Waals surface area contributed by atoms with Crippen LogP contribution >= 0.6 is 0 Å². The first-order valence-corrected chi connectivity index (χ1v) is 6.44. The van der Waals surface area contributed by atoms with Crippen molar-refractivity contribution in [3.8, 4) is 0 Å². The summed E-state index contributed by atoms with van der Waals surface area (Å²) in [4.78, 5) is 14.1. The first-order valence-electron chi connectivity index (χ1n) is 6.44. The van der Waals surface area contributed by atoms with Gasteiger partial charge in [0.1, 0.15) is 0 Å². The largest absolute Gasteiger partial charge is 0.298 e. The predicted octanol–water partition coefficient (Wildman–Crippen LogP) is 2.73. The zero-order chi connectivity index (χ0) is 12.3. The van der Waals surface area contributed by atoms with Crippen LogP contribution in [0.25, 0.3) is 0 Å². The van der Waals surface area contributed by atoms with Gasteiger partial charge in [-0.1, -0.05) is 44.2 Å². The Balaban J connectivity index is 1.91. The van der Waals surface area contributed by atoms with E-state index < -0.39 is 0 Å². The number of hydrogen-bond acceptors (Lipinski definition) is 2. The fourth-order valence-corrected chi connectivity index (χ4v) is 2.56. The fraction of sp³-hybridized carbons (Fsp3) is 0.533. The number of ketones is 1. The molecule has 0 N–H and O–H groups in total. The van der Waals surface area contributed by atoms with Gasteiger partial charge in [-0.2, -0.15) is 0 Å². The van der Waals surface area contributed by atoms with Gasteiger partial charge < -0.3 is 0 Å². The smallest absolute Gasteiger partial charge is 0.151 e. The molecule has 0 amide bonds. The van der Waals surface area contributed by atoms with E-state index in [-0.39, 0.29) is 5.92 Å². The molecule has 2 nitrogen and oxygen atoms in total. The molecule has 2 heteroatoms. The fourth-order valence-electron chi connectivity index (χ4n) is 2.56. The van der Waals surface area contributed by atoms with Crippen molar-refractivity contribution >= 4 is 5.78 Å². The summed E-state index contributed by atoms with van der Waals surface area (Å²) in [6.07, 6.45) is 1.03. The zero-order valence-electron chi connectivity index (χ0n) is 10.7. The lowest BCUT2D eigenvalue weighted by Gasteiger charge is -2.15. The molecule has 0 aliphatic carbocycles. The maximum absolute atomic E-state index is 11.9. The SMILES string of the molecule is CC(C)CC1CN(Cc2ccccc2)CC1=O. The molecule has 92 valence electrons. The molecule has 0 radical (unpaired) electrons. The lowest BCUT2D eigenvalue weighted by Crippen LogP contribution is -2.20. The summed E-state index contributed by atoms with van der Waals surface area (Å²) < 4.78 is 0. The molecule has 1 saturated heterocycles. The second-order valence-electron chi connectivity index (χ2n) is 5.45. The van der Waals surface area contributed by atoms with Crippen molar-refractivity contribution in [2.75, 3.05) is 13.1 Å². The molecule has 1 aromatic carbocycles. The minimum Gasteiger partial charge on any atom is -0.298 e. The Morgan fingerprint density at radius 1 is 1.29 bits per heavy atom. The average Bonchev–Trinajstić information content (AvgIpc) is 2.59. The number of rotatable bonds is 4. The number of nitrogens with zero attached hydrogens (tertiary/aromatic N) is 1. The van der Waals surface area contributed by atoms with Crippen LogP contribution in [0.3, 0.4) is 0 Å². The highest BCUT2D eigenvalue weighted by molar-refractivity contribution is 5.85. The average molecular weight is 231 g/mol. The summed E-state index contributed by atoms with van der Waals surface area (Å²) in [6, 6.07) is 10.4. The van der Waals surface area contributed by atoms with Gasteiger partial charge in [0.15, 0.2) is 5.78 Å². The number of benzene rings is 1. The molecule has 1 aliphatic heterocycles. The quantitative estimate of drug-likeness (QED) is 0.794. The van der Waals surface area contributed by atoms with Crippen LogP contribution in [0.2, 0.25) is 0 Å². The van der Waals surface area contributed by atoms with Gasteiger partial charge >= 0.3 is 0 Å². The normalized spacial score (nSPS) is 21.4.